The van der Waals surface area contributed by atoms with E-state index in [0.717, 1.165) is 12.2 Å². The molecule has 2 amide bonds. The predicted octanol–water partition coefficient (Wildman–Crippen LogP) is 0.902. The molecule has 1 aliphatic rings. The van der Waals surface area contributed by atoms with Crippen molar-refractivity contribution in [2.24, 2.45) is 0 Å². The first kappa shape index (κ1) is 16.8. The summed E-state index contributed by atoms with van der Waals surface area (Å²) in [7, 11) is -3.35. The van der Waals surface area contributed by atoms with Crippen molar-refractivity contribution in [1.82, 2.24) is 19.5 Å². The van der Waals surface area contributed by atoms with Crippen LogP contribution in [0.3, 0.4) is 0 Å². The Morgan fingerprint density at radius 2 is 2.14 bits per heavy atom. The summed E-state index contributed by atoms with van der Waals surface area (Å²) in [6, 6.07) is 3.59. The molecule has 0 fully saturated rings. The van der Waals surface area contributed by atoms with Crippen LogP contribution in [-0.4, -0.2) is 48.8 Å². The average molecular weight is 328 g/mol. The smallest absolute Gasteiger partial charge is 0.318 e. The number of carbonyl (C=O) groups is 1. The third-order valence-corrected chi connectivity index (χ3v) is 5.24. The van der Waals surface area contributed by atoms with Gasteiger partial charge in [0.05, 0.1) is 11.8 Å². The minimum atomic E-state index is -3.35. The highest BCUT2D eigenvalue weighted by Crippen LogP contribution is 2.24. The summed E-state index contributed by atoms with van der Waals surface area (Å²) in [6.45, 7) is 6.98. The van der Waals surface area contributed by atoms with E-state index in [2.05, 4.69) is 14.6 Å². The Hall–Kier alpha value is -1.54. The molecular weight excluding hydrogens is 304 g/mol. The number of hydrogen-bond donors (Lipinski definition) is 2. The van der Waals surface area contributed by atoms with Gasteiger partial charge in [-0.25, -0.2) is 17.9 Å². The van der Waals surface area contributed by atoms with Crippen LogP contribution in [0.4, 0.5) is 4.79 Å². The van der Waals surface area contributed by atoms with Gasteiger partial charge in [-0.3, -0.25) is 0 Å². The number of nitrogens with one attached hydrogen (secondary N) is 2. The Balaban J connectivity index is 1.86. The van der Waals surface area contributed by atoms with Crippen molar-refractivity contribution >= 4 is 16.1 Å². The molecule has 1 aliphatic heterocycles. The maximum absolute atomic E-state index is 12.2. The summed E-state index contributed by atoms with van der Waals surface area (Å²) < 4.78 is 28.1. The lowest BCUT2D eigenvalue weighted by Crippen LogP contribution is -2.47. The van der Waals surface area contributed by atoms with E-state index in [9.17, 15) is 13.2 Å². The highest BCUT2D eigenvalue weighted by atomic mass is 32.2. The zero-order chi connectivity index (χ0) is 16.3. The van der Waals surface area contributed by atoms with E-state index in [4.69, 9.17) is 0 Å². The fourth-order valence-corrected chi connectivity index (χ4v) is 3.88. The molecule has 1 aromatic heterocycles. The number of urea groups is 1. The molecule has 0 aliphatic carbocycles. The number of sulfonamides is 1. The van der Waals surface area contributed by atoms with E-state index >= 15 is 0 Å². The van der Waals surface area contributed by atoms with Crippen molar-refractivity contribution in [3.8, 4) is 0 Å². The lowest BCUT2D eigenvalue weighted by Gasteiger charge is -2.34. The van der Waals surface area contributed by atoms with Crippen LogP contribution < -0.4 is 10.0 Å². The summed E-state index contributed by atoms with van der Waals surface area (Å²) in [5, 5.41) is 2.69. The van der Waals surface area contributed by atoms with E-state index < -0.39 is 10.0 Å². The highest BCUT2D eigenvalue weighted by Gasteiger charge is 2.27. The lowest BCUT2D eigenvalue weighted by atomic mass is 10.1. The molecular formula is C14H24N4O3S. The highest BCUT2D eigenvalue weighted by molar-refractivity contribution is 7.89. The number of fused-ring (bicyclic) bond motifs is 1. The Labute approximate surface area is 131 Å². The molecule has 2 rings (SSSR count). The molecule has 0 radical (unpaired) electrons. The zero-order valence-corrected chi connectivity index (χ0v) is 14.1. The zero-order valence-electron chi connectivity index (χ0n) is 13.2. The number of nitrogens with zero attached hydrogens (tertiary/aromatic N) is 2. The quantitative estimate of drug-likeness (QED) is 0.842. The molecule has 8 heteroatoms. The number of carbonyl (C=O) groups excluding carboxylic acids is 1. The van der Waals surface area contributed by atoms with Crippen molar-refractivity contribution in [3.05, 3.63) is 24.0 Å². The second-order valence-electron chi connectivity index (χ2n) is 5.82. The molecule has 0 aromatic carbocycles. The summed E-state index contributed by atoms with van der Waals surface area (Å²) in [6.07, 6.45) is 2.01. The minimum absolute atomic E-state index is 0.0193. The van der Waals surface area contributed by atoms with E-state index in [1.54, 1.807) is 18.7 Å². The summed E-state index contributed by atoms with van der Waals surface area (Å²) in [5.74, 6) is -0.116. The Morgan fingerprint density at radius 3 is 2.82 bits per heavy atom. The molecule has 2 heterocycles. The van der Waals surface area contributed by atoms with Crippen LogP contribution in [0.5, 0.6) is 0 Å². The Kier molecular flexibility index (Phi) is 5.12. The molecule has 7 nitrogen and oxygen atoms in total. The van der Waals surface area contributed by atoms with Gasteiger partial charge in [0, 0.05) is 37.6 Å². The molecule has 0 saturated heterocycles. The van der Waals surface area contributed by atoms with E-state index in [0.29, 0.717) is 6.54 Å². The number of amides is 2. The maximum Gasteiger partial charge on any atom is 0.318 e. The fraction of sp³-hybridized carbons (Fsp3) is 0.643. The van der Waals surface area contributed by atoms with Crippen LogP contribution in [0, 0.1) is 0 Å². The normalized spacial score (nSPS) is 18.4. The summed E-state index contributed by atoms with van der Waals surface area (Å²) in [4.78, 5) is 14.0. The van der Waals surface area contributed by atoms with E-state index in [1.165, 1.54) is 0 Å². The van der Waals surface area contributed by atoms with Crippen molar-refractivity contribution in [1.29, 1.82) is 0 Å². The van der Waals surface area contributed by atoms with Gasteiger partial charge in [0.2, 0.25) is 10.0 Å². The monoisotopic (exact) mass is 328 g/mol. The van der Waals surface area contributed by atoms with Gasteiger partial charge in [-0.1, -0.05) is 0 Å². The molecule has 0 spiro atoms. The van der Waals surface area contributed by atoms with Gasteiger partial charge in [0.15, 0.2) is 0 Å². The van der Waals surface area contributed by atoms with Crippen LogP contribution >= 0.6 is 0 Å². The molecule has 124 valence electrons. The molecule has 0 saturated carbocycles. The van der Waals surface area contributed by atoms with Gasteiger partial charge in [-0.05, 0) is 32.9 Å². The number of rotatable bonds is 5. The van der Waals surface area contributed by atoms with Crippen molar-refractivity contribution in [3.63, 3.8) is 0 Å². The second kappa shape index (κ2) is 6.70. The number of aromatic nitrogens is 1. The van der Waals surface area contributed by atoms with Crippen LogP contribution in [-0.2, 0) is 16.6 Å². The van der Waals surface area contributed by atoms with Gasteiger partial charge >= 0.3 is 6.03 Å². The summed E-state index contributed by atoms with van der Waals surface area (Å²) in [5.41, 5.74) is 1.09. The molecule has 22 heavy (non-hydrogen) atoms. The van der Waals surface area contributed by atoms with E-state index in [-0.39, 0.29) is 30.4 Å². The third kappa shape index (κ3) is 4.01. The predicted molar refractivity (Wildman–Crippen MR) is 85.0 cm³/mol. The van der Waals surface area contributed by atoms with Crippen LogP contribution in [0.25, 0.3) is 0 Å². The SMILES string of the molecule is CC(C)NS(=O)(=O)CCNC(=O)N1CCn2cccc2[C@@H]1C. The first-order valence-electron chi connectivity index (χ1n) is 7.49. The van der Waals surface area contributed by atoms with Crippen LogP contribution in [0.15, 0.2) is 18.3 Å². The Morgan fingerprint density at radius 1 is 1.41 bits per heavy atom. The van der Waals surface area contributed by atoms with E-state index in [1.807, 2.05) is 25.3 Å². The van der Waals surface area contributed by atoms with Crippen molar-refractivity contribution in [2.75, 3.05) is 18.8 Å². The lowest BCUT2D eigenvalue weighted by molar-refractivity contribution is 0.163. The van der Waals surface area contributed by atoms with Gasteiger partial charge in [0.1, 0.15) is 0 Å². The first-order chi connectivity index (χ1) is 10.3. The van der Waals surface area contributed by atoms with Gasteiger partial charge in [-0.2, -0.15) is 0 Å². The van der Waals surface area contributed by atoms with Gasteiger partial charge in [-0.15, -0.1) is 0 Å². The fourth-order valence-electron chi connectivity index (χ4n) is 2.67. The molecule has 1 aromatic rings. The molecule has 2 N–H and O–H groups in total. The third-order valence-electron chi connectivity index (χ3n) is 3.67. The summed E-state index contributed by atoms with van der Waals surface area (Å²) >= 11 is 0. The second-order valence-corrected chi connectivity index (χ2v) is 7.69. The minimum Gasteiger partial charge on any atom is -0.348 e. The van der Waals surface area contributed by atoms with Gasteiger partial charge < -0.3 is 14.8 Å². The van der Waals surface area contributed by atoms with Crippen molar-refractivity contribution in [2.45, 2.75) is 39.4 Å². The van der Waals surface area contributed by atoms with Gasteiger partial charge in [0.25, 0.3) is 0 Å². The van der Waals surface area contributed by atoms with Crippen molar-refractivity contribution < 1.29 is 13.2 Å². The standard InChI is InChI=1S/C14H24N4O3S/c1-11(2)16-22(20,21)10-6-15-14(19)18-9-8-17-7-4-5-13(17)12(18)3/h4-5,7,11-12,16H,6,8-10H2,1-3H3,(H,15,19)/t12-/m0/s1. The molecule has 0 bridgehead atoms. The molecule has 0 unspecified atom stereocenters. The number of hydrogen-bond acceptors (Lipinski definition) is 3. The topological polar surface area (TPSA) is 83.4 Å². The Bertz CT molecular complexity index is 624. The van der Waals surface area contributed by atoms with Crippen LogP contribution in [0.1, 0.15) is 32.5 Å². The largest absolute Gasteiger partial charge is 0.348 e. The maximum atomic E-state index is 12.2. The average Bonchev–Trinajstić information content (AvgIpc) is 2.86. The van der Waals surface area contributed by atoms with Crippen LogP contribution in [0.2, 0.25) is 0 Å². The first-order valence-corrected chi connectivity index (χ1v) is 9.15. The molecule has 1 atom stereocenters.